The molecule has 124 valence electrons. The van der Waals surface area contributed by atoms with Crippen LogP contribution in [0.15, 0.2) is 54.6 Å². The predicted molar refractivity (Wildman–Crippen MR) is 94.1 cm³/mol. The maximum atomic E-state index is 12.2. The van der Waals surface area contributed by atoms with Crippen molar-refractivity contribution in [3.8, 4) is 11.1 Å². The van der Waals surface area contributed by atoms with E-state index in [4.69, 9.17) is 0 Å². The second-order valence-corrected chi connectivity index (χ2v) is 6.22. The highest BCUT2D eigenvalue weighted by Gasteiger charge is 2.21. The highest BCUT2D eigenvalue weighted by molar-refractivity contribution is 5.96. The lowest BCUT2D eigenvalue weighted by Gasteiger charge is -2.20. The van der Waals surface area contributed by atoms with Crippen molar-refractivity contribution in [3.63, 3.8) is 0 Å². The summed E-state index contributed by atoms with van der Waals surface area (Å²) in [4.78, 5) is 24.2. The van der Waals surface area contributed by atoms with E-state index in [9.17, 15) is 9.59 Å². The van der Waals surface area contributed by atoms with Gasteiger partial charge in [-0.1, -0.05) is 61.7 Å². The molecule has 1 saturated carbocycles. The van der Waals surface area contributed by atoms with Crippen LogP contribution in [0.1, 0.15) is 42.5 Å². The van der Waals surface area contributed by atoms with Gasteiger partial charge in [-0.15, -0.1) is 0 Å². The molecule has 1 aliphatic rings. The first kappa shape index (κ1) is 16.2. The molecule has 2 N–H and O–H groups in total. The Morgan fingerprint density at radius 3 is 2.04 bits per heavy atom. The van der Waals surface area contributed by atoms with Gasteiger partial charge in [-0.3, -0.25) is 20.4 Å². The summed E-state index contributed by atoms with van der Waals surface area (Å²) in [6, 6.07) is 17.3. The minimum atomic E-state index is -0.293. The first-order valence-electron chi connectivity index (χ1n) is 8.50. The lowest BCUT2D eigenvalue weighted by molar-refractivity contribution is -0.126. The minimum absolute atomic E-state index is 0.0273. The fraction of sp³-hybridized carbons (Fsp3) is 0.300. The third-order valence-electron chi connectivity index (χ3n) is 4.53. The highest BCUT2D eigenvalue weighted by Crippen LogP contribution is 2.23. The average molecular weight is 322 g/mol. The van der Waals surface area contributed by atoms with Crippen LogP contribution in [0.25, 0.3) is 11.1 Å². The molecule has 0 spiro atoms. The lowest BCUT2D eigenvalue weighted by Crippen LogP contribution is -2.44. The maximum absolute atomic E-state index is 12.2. The molecule has 4 nitrogen and oxygen atoms in total. The Kier molecular flexibility index (Phi) is 5.26. The van der Waals surface area contributed by atoms with Crippen molar-refractivity contribution in [1.29, 1.82) is 0 Å². The summed E-state index contributed by atoms with van der Waals surface area (Å²) in [5.41, 5.74) is 7.76. The molecule has 0 aromatic heterocycles. The molecule has 2 aromatic rings. The van der Waals surface area contributed by atoms with E-state index in [0.717, 1.165) is 36.8 Å². The van der Waals surface area contributed by atoms with E-state index >= 15 is 0 Å². The predicted octanol–water partition coefficient (Wildman–Crippen LogP) is 3.69. The van der Waals surface area contributed by atoms with Crippen LogP contribution in [0.4, 0.5) is 0 Å². The Hall–Kier alpha value is -2.62. The summed E-state index contributed by atoms with van der Waals surface area (Å²) >= 11 is 0. The second-order valence-electron chi connectivity index (χ2n) is 6.22. The van der Waals surface area contributed by atoms with Crippen molar-refractivity contribution >= 4 is 11.8 Å². The van der Waals surface area contributed by atoms with Gasteiger partial charge in [0.2, 0.25) is 5.91 Å². The molecule has 0 radical (unpaired) electrons. The molecule has 0 unspecified atom stereocenters. The molecule has 2 aromatic carbocycles. The third kappa shape index (κ3) is 4.02. The third-order valence-corrected chi connectivity index (χ3v) is 4.53. The summed E-state index contributed by atoms with van der Waals surface area (Å²) in [7, 11) is 0. The van der Waals surface area contributed by atoms with E-state index in [2.05, 4.69) is 10.9 Å². The van der Waals surface area contributed by atoms with Crippen LogP contribution >= 0.6 is 0 Å². The molecule has 24 heavy (non-hydrogen) atoms. The van der Waals surface area contributed by atoms with Crippen LogP contribution in [-0.4, -0.2) is 11.8 Å². The molecule has 0 bridgehead atoms. The molecular weight excluding hydrogens is 300 g/mol. The van der Waals surface area contributed by atoms with Gasteiger partial charge in [0.05, 0.1) is 0 Å². The van der Waals surface area contributed by atoms with Gasteiger partial charge in [-0.05, 0) is 36.1 Å². The summed E-state index contributed by atoms with van der Waals surface area (Å²) in [6.45, 7) is 0. The number of benzene rings is 2. The molecule has 1 fully saturated rings. The maximum Gasteiger partial charge on any atom is 0.269 e. The molecule has 0 saturated heterocycles. The summed E-state index contributed by atoms with van der Waals surface area (Å²) in [5, 5.41) is 0. The monoisotopic (exact) mass is 322 g/mol. The average Bonchev–Trinajstić information content (AvgIpc) is 2.67. The Labute approximate surface area is 142 Å². The minimum Gasteiger partial charge on any atom is -0.273 e. The second kappa shape index (κ2) is 7.77. The SMILES string of the molecule is O=C(NNC(=O)C1CCCCC1)c1ccc(-c2ccccc2)cc1. The molecule has 3 rings (SSSR count). The number of hydrogen-bond donors (Lipinski definition) is 2. The summed E-state index contributed by atoms with van der Waals surface area (Å²) in [6.07, 6.45) is 5.20. The van der Waals surface area contributed by atoms with Crippen LogP contribution in [0.2, 0.25) is 0 Å². The van der Waals surface area contributed by atoms with Crippen LogP contribution < -0.4 is 10.9 Å². The van der Waals surface area contributed by atoms with Crippen molar-refractivity contribution < 1.29 is 9.59 Å². The van der Waals surface area contributed by atoms with E-state index in [1.165, 1.54) is 6.42 Å². The number of hydrogen-bond acceptors (Lipinski definition) is 2. The Morgan fingerprint density at radius 2 is 1.38 bits per heavy atom. The number of amides is 2. The molecule has 0 atom stereocenters. The Morgan fingerprint density at radius 1 is 0.750 bits per heavy atom. The van der Waals surface area contributed by atoms with Gasteiger partial charge in [-0.2, -0.15) is 0 Å². The van der Waals surface area contributed by atoms with Gasteiger partial charge in [0.15, 0.2) is 0 Å². The fourth-order valence-electron chi connectivity index (χ4n) is 3.10. The molecule has 0 aliphatic heterocycles. The van der Waals surface area contributed by atoms with E-state index in [1.54, 1.807) is 12.1 Å². The van der Waals surface area contributed by atoms with E-state index in [0.29, 0.717) is 5.56 Å². The van der Waals surface area contributed by atoms with Gasteiger partial charge >= 0.3 is 0 Å². The zero-order valence-corrected chi connectivity index (χ0v) is 13.6. The van der Waals surface area contributed by atoms with E-state index in [-0.39, 0.29) is 17.7 Å². The van der Waals surface area contributed by atoms with E-state index in [1.807, 2.05) is 42.5 Å². The van der Waals surface area contributed by atoms with E-state index < -0.39 is 0 Å². The molecule has 1 aliphatic carbocycles. The normalized spacial score (nSPS) is 14.8. The smallest absolute Gasteiger partial charge is 0.269 e. The van der Waals surface area contributed by atoms with Crippen LogP contribution in [0.5, 0.6) is 0 Å². The molecule has 0 heterocycles. The number of nitrogens with one attached hydrogen (secondary N) is 2. The number of carbonyl (C=O) groups is 2. The van der Waals surface area contributed by atoms with Gasteiger partial charge in [0.1, 0.15) is 0 Å². The Bertz CT molecular complexity index is 689. The topological polar surface area (TPSA) is 58.2 Å². The molecule has 4 heteroatoms. The van der Waals surface area contributed by atoms with Crippen LogP contribution in [0, 0.1) is 5.92 Å². The fourth-order valence-corrected chi connectivity index (χ4v) is 3.10. The first-order valence-corrected chi connectivity index (χ1v) is 8.50. The van der Waals surface area contributed by atoms with Crippen molar-refractivity contribution in [2.75, 3.05) is 0 Å². The van der Waals surface area contributed by atoms with Crippen molar-refractivity contribution in [3.05, 3.63) is 60.2 Å². The summed E-state index contributed by atoms with van der Waals surface area (Å²) < 4.78 is 0. The zero-order chi connectivity index (χ0) is 16.8. The van der Waals surface area contributed by atoms with Crippen LogP contribution in [-0.2, 0) is 4.79 Å². The number of rotatable bonds is 3. The first-order chi connectivity index (χ1) is 11.7. The van der Waals surface area contributed by atoms with Gasteiger partial charge in [0, 0.05) is 11.5 Å². The van der Waals surface area contributed by atoms with Crippen LogP contribution in [0.3, 0.4) is 0 Å². The largest absolute Gasteiger partial charge is 0.273 e. The Balaban J connectivity index is 1.56. The molecule has 2 amide bonds. The number of carbonyl (C=O) groups excluding carboxylic acids is 2. The quantitative estimate of drug-likeness (QED) is 0.847. The van der Waals surface area contributed by atoms with Crippen molar-refractivity contribution in [1.82, 2.24) is 10.9 Å². The lowest BCUT2D eigenvalue weighted by atomic mass is 9.89. The number of hydrazine groups is 1. The standard InChI is InChI=1S/C20H22N2O2/c23-19(17-9-5-2-6-10-17)21-22-20(24)18-13-11-16(12-14-18)15-7-3-1-4-8-15/h1,3-4,7-8,11-14,17H,2,5-6,9-10H2,(H,21,23)(H,22,24). The molecular formula is C20H22N2O2. The summed E-state index contributed by atoms with van der Waals surface area (Å²) in [5.74, 6) is -0.345. The van der Waals surface area contributed by atoms with Gasteiger partial charge in [0.25, 0.3) is 5.91 Å². The highest BCUT2D eigenvalue weighted by atomic mass is 16.2. The van der Waals surface area contributed by atoms with Crippen molar-refractivity contribution in [2.45, 2.75) is 32.1 Å². The van der Waals surface area contributed by atoms with Gasteiger partial charge in [-0.25, -0.2) is 0 Å². The van der Waals surface area contributed by atoms with Gasteiger partial charge < -0.3 is 0 Å². The zero-order valence-electron chi connectivity index (χ0n) is 13.6. The van der Waals surface area contributed by atoms with Crippen molar-refractivity contribution in [2.24, 2.45) is 5.92 Å².